The van der Waals surface area contributed by atoms with E-state index in [9.17, 15) is 0 Å². The molecule has 92 valence electrons. The SMILES string of the molecule is CCCC(C)NC(C)(CC)c1nc(C)cs1. The molecule has 3 heteroatoms. The lowest BCUT2D eigenvalue weighted by Crippen LogP contribution is -2.44. The van der Waals surface area contributed by atoms with Crippen LogP contribution in [0, 0.1) is 6.92 Å². The monoisotopic (exact) mass is 240 g/mol. The molecule has 2 nitrogen and oxygen atoms in total. The van der Waals surface area contributed by atoms with Gasteiger partial charge in [0, 0.05) is 17.1 Å². The first-order valence-electron chi connectivity index (χ1n) is 6.22. The second-order valence-corrected chi connectivity index (χ2v) is 5.67. The maximum Gasteiger partial charge on any atom is 0.113 e. The van der Waals surface area contributed by atoms with Crippen LogP contribution in [0.4, 0.5) is 0 Å². The van der Waals surface area contributed by atoms with Crippen molar-refractivity contribution in [1.29, 1.82) is 0 Å². The van der Waals surface area contributed by atoms with Crippen molar-refractivity contribution in [1.82, 2.24) is 10.3 Å². The van der Waals surface area contributed by atoms with Crippen molar-refractivity contribution in [3.63, 3.8) is 0 Å². The molecule has 2 unspecified atom stereocenters. The molecular formula is C13H24N2S. The van der Waals surface area contributed by atoms with E-state index in [0.29, 0.717) is 6.04 Å². The zero-order valence-electron chi connectivity index (χ0n) is 11.1. The minimum Gasteiger partial charge on any atom is -0.303 e. The van der Waals surface area contributed by atoms with Crippen molar-refractivity contribution in [3.8, 4) is 0 Å². The summed E-state index contributed by atoms with van der Waals surface area (Å²) in [4.78, 5) is 4.62. The molecule has 0 radical (unpaired) electrons. The van der Waals surface area contributed by atoms with Crippen LogP contribution < -0.4 is 5.32 Å². The molecule has 16 heavy (non-hydrogen) atoms. The van der Waals surface area contributed by atoms with Crippen LogP contribution in [0.1, 0.15) is 57.7 Å². The Bertz CT molecular complexity index is 321. The molecule has 0 bridgehead atoms. The van der Waals surface area contributed by atoms with Gasteiger partial charge in [0.2, 0.25) is 0 Å². The molecule has 1 heterocycles. The summed E-state index contributed by atoms with van der Waals surface area (Å²) in [5.41, 5.74) is 1.16. The van der Waals surface area contributed by atoms with Crippen LogP contribution in [0.2, 0.25) is 0 Å². The van der Waals surface area contributed by atoms with Gasteiger partial charge in [-0.05, 0) is 33.6 Å². The van der Waals surface area contributed by atoms with Crippen LogP contribution in [0.15, 0.2) is 5.38 Å². The molecule has 0 amide bonds. The highest BCUT2D eigenvalue weighted by Crippen LogP contribution is 2.28. The van der Waals surface area contributed by atoms with E-state index in [1.165, 1.54) is 17.8 Å². The highest BCUT2D eigenvalue weighted by molar-refractivity contribution is 7.09. The Morgan fingerprint density at radius 1 is 1.50 bits per heavy atom. The van der Waals surface area contributed by atoms with Gasteiger partial charge in [0.05, 0.1) is 5.54 Å². The van der Waals surface area contributed by atoms with E-state index in [0.717, 1.165) is 12.1 Å². The normalized spacial score (nSPS) is 17.1. The first-order chi connectivity index (χ1) is 7.51. The average molecular weight is 240 g/mol. The summed E-state index contributed by atoms with van der Waals surface area (Å²) >= 11 is 1.77. The van der Waals surface area contributed by atoms with E-state index >= 15 is 0 Å². The number of nitrogens with zero attached hydrogens (tertiary/aromatic N) is 1. The van der Waals surface area contributed by atoms with Crippen molar-refractivity contribution < 1.29 is 0 Å². The van der Waals surface area contributed by atoms with Gasteiger partial charge in [0.1, 0.15) is 5.01 Å². The lowest BCUT2D eigenvalue weighted by Gasteiger charge is -2.31. The fraction of sp³-hybridized carbons (Fsp3) is 0.769. The maximum atomic E-state index is 4.62. The van der Waals surface area contributed by atoms with Gasteiger partial charge in [-0.2, -0.15) is 0 Å². The van der Waals surface area contributed by atoms with Crippen LogP contribution in [0.5, 0.6) is 0 Å². The van der Waals surface area contributed by atoms with Crippen LogP contribution in [-0.4, -0.2) is 11.0 Å². The summed E-state index contributed by atoms with van der Waals surface area (Å²) < 4.78 is 0. The Balaban J connectivity index is 2.77. The maximum absolute atomic E-state index is 4.62. The fourth-order valence-electron chi connectivity index (χ4n) is 1.97. The molecule has 1 aromatic heterocycles. The first-order valence-corrected chi connectivity index (χ1v) is 7.10. The quantitative estimate of drug-likeness (QED) is 0.817. The Kier molecular flexibility index (Phi) is 4.93. The van der Waals surface area contributed by atoms with Crippen molar-refractivity contribution in [3.05, 3.63) is 16.1 Å². The van der Waals surface area contributed by atoms with Gasteiger partial charge in [-0.25, -0.2) is 4.98 Å². The summed E-state index contributed by atoms with van der Waals surface area (Å²) in [7, 11) is 0. The van der Waals surface area contributed by atoms with E-state index < -0.39 is 0 Å². The predicted octanol–water partition coefficient (Wildman–Crippen LogP) is 3.85. The number of nitrogens with one attached hydrogen (secondary N) is 1. The molecule has 0 saturated heterocycles. The number of rotatable bonds is 6. The predicted molar refractivity (Wildman–Crippen MR) is 72.0 cm³/mol. The number of thiazole rings is 1. The largest absolute Gasteiger partial charge is 0.303 e. The molecule has 1 rings (SSSR count). The molecule has 1 N–H and O–H groups in total. The van der Waals surface area contributed by atoms with Crippen LogP contribution in [0.25, 0.3) is 0 Å². The van der Waals surface area contributed by atoms with Gasteiger partial charge in [0.25, 0.3) is 0 Å². The molecule has 0 saturated carbocycles. The lowest BCUT2D eigenvalue weighted by atomic mass is 9.97. The van der Waals surface area contributed by atoms with Crippen molar-refractivity contribution in [2.24, 2.45) is 0 Å². The third kappa shape index (κ3) is 3.29. The Morgan fingerprint density at radius 2 is 2.19 bits per heavy atom. The zero-order chi connectivity index (χ0) is 12.2. The van der Waals surface area contributed by atoms with Crippen molar-refractivity contribution >= 4 is 11.3 Å². The summed E-state index contributed by atoms with van der Waals surface area (Å²) in [5.74, 6) is 0. The second kappa shape index (κ2) is 5.78. The second-order valence-electron chi connectivity index (χ2n) is 4.81. The van der Waals surface area contributed by atoms with Crippen molar-refractivity contribution in [2.75, 3.05) is 0 Å². The summed E-state index contributed by atoms with van der Waals surface area (Å²) in [6.07, 6.45) is 3.53. The number of aromatic nitrogens is 1. The Hall–Kier alpha value is -0.410. The topological polar surface area (TPSA) is 24.9 Å². The fourth-order valence-corrected chi connectivity index (χ4v) is 2.97. The van der Waals surface area contributed by atoms with Gasteiger partial charge >= 0.3 is 0 Å². The van der Waals surface area contributed by atoms with Gasteiger partial charge in [0.15, 0.2) is 0 Å². The molecular weight excluding hydrogens is 216 g/mol. The summed E-state index contributed by atoms with van der Waals surface area (Å²) in [6.45, 7) is 11.0. The van der Waals surface area contributed by atoms with E-state index in [-0.39, 0.29) is 5.54 Å². The molecule has 2 atom stereocenters. The third-order valence-electron chi connectivity index (χ3n) is 3.08. The first kappa shape index (κ1) is 13.7. The molecule has 1 aromatic rings. The van der Waals surface area contributed by atoms with Gasteiger partial charge < -0.3 is 5.32 Å². The van der Waals surface area contributed by atoms with Crippen molar-refractivity contribution in [2.45, 2.75) is 65.5 Å². The molecule has 0 aliphatic heterocycles. The molecule has 0 spiro atoms. The minimum absolute atomic E-state index is 0.0352. The van der Waals surface area contributed by atoms with E-state index in [2.05, 4.69) is 50.3 Å². The van der Waals surface area contributed by atoms with E-state index in [4.69, 9.17) is 0 Å². The van der Waals surface area contributed by atoms with E-state index in [1.807, 2.05) is 0 Å². The average Bonchev–Trinajstić information content (AvgIpc) is 2.65. The van der Waals surface area contributed by atoms with Crippen LogP contribution in [-0.2, 0) is 5.54 Å². The standard InChI is InChI=1S/C13H24N2S/c1-6-8-10(3)15-13(5,7-2)12-14-11(4)9-16-12/h9-10,15H,6-8H2,1-5H3. The zero-order valence-corrected chi connectivity index (χ0v) is 11.9. The third-order valence-corrected chi connectivity index (χ3v) is 4.31. The number of aryl methyl sites for hydroxylation is 1. The summed E-state index contributed by atoms with van der Waals surface area (Å²) in [5, 5.41) is 7.07. The highest BCUT2D eigenvalue weighted by atomic mass is 32.1. The smallest absolute Gasteiger partial charge is 0.113 e. The molecule has 0 aromatic carbocycles. The van der Waals surface area contributed by atoms with E-state index in [1.54, 1.807) is 11.3 Å². The Morgan fingerprint density at radius 3 is 2.62 bits per heavy atom. The van der Waals surface area contributed by atoms with Crippen LogP contribution >= 0.6 is 11.3 Å². The molecule has 0 aliphatic carbocycles. The summed E-state index contributed by atoms with van der Waals surface area (Å²) in [6, 6.07) is 0.555. The number of hydrogen-bond acceptors (Lipinski definition) is 3. The minimum atomic E-state index is 0.0352. The molecule has 0 aliphatic rings. The van der Waals surface area contributed by atoms with Crippen LogP contribution in [0.3, 0.4) is 0 Å². The lowest BCUT2D eigenvalue weighted by molar-refractivity contribution is 0.302. The Labute approximate surface area is 103 Å². The van der Waals surface area contributed by atoms with Gasteiger partial charge in [-0.15, -0.1) is 11.3 Å². The molecule has 0 fully saturated rings. The van der Waals surface area contributed by atoms with Gasteiger partial charge in [-0.3, -0.25) is 0 Å². The van der Waals surface area contributed by atoms with Gasteiger partial charge in [-0.1, -0.05) is 20.3 Å². The highest BCUT2D eigenvalue weighted by Gasteiger charge is 2.28. The number of hydrogen-bond donors (Lipinski definition) is 1.